The lowest BCUT2D eigenvalue weighted by Crippen LogP contribution is -2.54. The number of likely N-dealkylation sites (tertiary alicyclic amines) is 1. The van der Waals surface area contributed by atoms with E-state index >= 15 is 0 Å². The Hall–Kier alpha value is -1.06. The Labute approximate surface area is 65.3 Å². The summed E-state index contributed by atoms with van der Waals surface area (Å²) >= 11 is 0. The molecule has 0 bridgehead atoms. The molecular formula is C7H12N2O2. The van der Waals surface area contributed by atoms with Crippen molar-refractivity contribution in [1.29, 1.82) is 0 Å². The summed E-state index contributed by atoms with van der Waals surface area (Å²) in [4.78, 5) is 23.1. The molecule has 0 radical (unpaired) electrons. The predicted molar refractivity (Wildman–Crippen MR) is 39.6 cm³/mol. The highest BCUT2D eigenvalue weighted by atomic mass is 16.2. The first-order valence-corrected chi connectivity index (χ1v) is 3.72. The van der Waals surface area contributed by atoms with Crippen LogP contribution in [-0.2, 0) is 9.59 Å². The van der Waals surface area contributed by atoms with Crippen molar-refractivity contribution in [2.75, 3.05) is 13.1 Å². The van der Waals surface area contributed by atoms with Crippen LogP contribution in [-0.4, -0.2) is 29.8 Å². The Balaban J connectivity index is 2.29. The highest BCUT2D eigenvalue weighted by molar-refractivity contribution is 5.83. The zero-order valence-corrected chi connectivity index (χ0v) is 6.54. The summed E-state index contributed by atoms with van der Waals surface area (Å²) in [5.74, 6) is -0.307. The van der Waals surface area contributed by atoms with E-state index in [1.165, 1.54) is 0 Å². The first-order chi connectivity index (χ1) is 5.15. The third-order valence-corrected chi connectivity index (χ3v) is 1.94. The summed E-state index contributed by atoms with van der Waals surface area (Å²) in [6, 6.07) is 0. The largest absolute Gasteiger partial charge is 0.369 e. The average Bonchev–Trinajstić information content (AvgIpc) is 1.83. The molecule has 1 aliphatic heterocycles. The summed E-state index contributed by atoms with van der Waals surface area (Å²) in [6.07, 6.45) is 0.505. The molecule has 2 amide bonds. The van der Waals surface area contributed by atoms with Gasteiger partial charge in [0.2, 0.25) is 11.8 Å². The number of primary amides is 1. The highest BCUT2D eigenvalue weighted by Crippen LogP contribution is 2.15. The van der Waals surface area contributed by atoms with E-state index in [1.807, 2.05) is 0 Å². The van der Waals surface area contributed by atoms with Crippen LogP contribution in [0, 0.1) is 5.92 Å². The monoisotopic (exact) mass is 156 g/mol. The number of hydrogen-bond donors (Lipinski definition) is 1. The molecule has 0 unspecified atom stereocenters. The normalized spacial score (nSPS) is 17.7. The fourth-order valence-electron chi connectivity index (χ4n) is 1.09. The second kappa shape index (κ2) is 2.90. The molecule has 1 aliphatic rings. The summed E-state index contributed by atoms with van der Waals surface area (Å²) in [5, 5.41) is 0. The molecule has 0 atom stereocenters. The van der Waals surface area contributed by atoms with E-state index in [1.54, 1.807) is 11.8 Å². The number of rotatable bonds is 2. The van der Waals surface area contributed by atoms with E-state index in [2.05, 4.69) is 0 Å². The molecule has 4 nitrogen and oxygen atoms in total. The average molecular weight is 156 g/mol. The van der Waals surface area contributed by atoms with Crippen LogP contribution in [0.2, 0.25) is 0 Å². The molecule has 0 aromatic heterocycles. The molecule has 0 aromatic rings. The van der Waals surface area contributed by atoms with E-state index in [0.29, 0.717) is 19.5 Å². The van der Waals surface area contributed by atoms with Crippen molar-refractivity contribution in [1.82, 2.24) is 4.90 Å². The molecule has 1 fully saturated rings. The van der Waals surface area contributed by atoms with Gasteiger partial charge in [-0.15, -0.1) is 0 Å². The summed E-state index contributed by atoms with van der Waals surface area (Å²) in [7, 11) is 0. The number of hydrogen-bond acceptors (Lipinski definition) is 2. The Kier molecular flexibility index (Phi) is 2.12. The molecule has 11 heavy (non-hydrogen) atoms. The van der Waals surface area contributed by atoms with Crippen molar-refractivity contribution < 1.29 is 9.59 Å². The fraction of sp³-hybridized carbons (Fsp3) is 0.714. The minimum Gasteiger partial charge on any atom is -0.369 e. The lowest BCUT2D eigenvalue weighted by atomic mass is 9.99. The number of nitrogens with two attached hydrogens (primary N) is 1. The third kappa shape index (κ3) is 1.50. The Morgan fingerprint density at radius 1 is 1.55 bits per heavy atom. The Morgan fingerprint density at radius 2 is 2.09 bits per heavy atom. The molecule has 1 rings (SSSR count). The second-order valence-electron chi connectivity index (χ2n) is 2.75. The van der Waals surface area contributed by atoms with Crippen LogP contribution >= 0.6 is 0 Å². The van der Waals surface area contributed by atoms with E-state index < -0.39 is 0 Å². The minimum atomic E-state index is -0.301. The van der Waals surface area contributed by atoms with Gasteiger partial charge in [0, 0.05) is 19.5 Å². The van der Waals surface area contributed by atoms with Crippen molar-refractivity contribution in [3.63, 3.8) is 0 Å². The van der Waals surface area contributed by atoms with E-state index in [-0.39, 0.29) is 17.7 Å². The third-order valence-electron chi connectivity index (χ3n) is 1.94. The molecule has 0 aromatic carbocycles. The predicted octanol–water partition coefficient (Wildman–Crippen LogP) is -0.660. The number of carbonyl (C=O) groups excluding carboxylic acids is 2. The van der Waals surface area contributed by atoms with Crippen LogP contribution < -0.4 is 5.73 Å². The number of amides is 2. The van der Waals surface area contributed by atoms with Crippen molar-refractivity contribution in [2.45, 2.75) is 13.3 Å². The molecule has 1 saturated heterocycles. The maximum Gasteiger partial charge on any atom is 0.224 e. The minimum absolute atomic E-state index is 0.0995. The van der Waals surface area contributed by atoms with Crippen LogP contribution in [0.3, 0.4) is 0 Å². The number of nitrogens with zero attached hydrogens (tertiary/aromatic N) is 1. The van der Waals surface area contributed by atoms with Crippen LogP contribution in [0.4, 0.5) is 0 Å². The van der Waals surface area contributed by atoms with Crippen LogP contribution in [0.15, 0.2) is 0 Å². The maximum absolute atomic E-state index is 10.9. The summed E-state index contributed by atoms with van der Waals surface area (Å²) in [6.45, 7) is 2.84. The zero-order chi connectivity index (χ0) is 8.43. The smallest absolute Gasteiger partial charge is 0.224 e. The van der Waals surface area contributed by atoms with Gasteiger partial charge in [-0.05, 0) is 0 Å². The van der Waals surface area contributed by atoms with Gasteiger partial charge in [0.1, 0.15) is 0 Å². The van der Waals surface area contributed by atoms with Crippen molar-refractivity contribution in [3.8, 4) is 0 Å². The van der Waals surface area contributed by atoms with Gasteiger partial charge in [-0.3, -0.25) is 9.59 Å². The molecule has 4 heteroatoms. The van der Waals surface area contributed by atoms with Crippen molar-refractivity contribution >= 4 is 11.8 Å². The van der Waals surface area contributed by atoms with Crippen molar-refractivity contribution in [2.24, 2.45) is 11.7 Å². The SMILES string of the molecule is CCC(=O)N1CC(C(N)=O)C1. The van der Waals surface area contributed by atoms with Crippen LogP contribution in [0.5, 0.6) is 0 Å². The van der Waals surface area contributed by atoms with Crippen LogP contribution in [0.25, 0.3) is 0 Å². The van der Waals surface area contributed by atoms with Gasteiger partial charge >= 0.3 is 0 Å². The van der Waals surface area contributed by atoms with Gasteiger partial charge in [-0.25, -0.2) is 0 Å². The van der Waals surface area contributed by atoms with Gasteiger partial charge in [-0.2, -0.15) is 0 Å². The highest BCUT2D eigenvalue weighted by Gasteiger charge is 2.33. The van der Waals surface area contributed by atoms with E-state index in [0.717, 1.165) is 0 Å². The van der Waals surface area contributed by atoms with Crippen molar-refractivity contribution in [3.05, 3.63) is 0 Å². The topological polar surface area (TPSA) is 63.4 Å². The Morgan fingerprint density at radius 3 is 2.45 bits per heavy atom. The lowest BCUT2D eigenvalue weighted by Gasteiger charge is -2.37. The fourth-order valence-corrected chi connectivity index (χ4v) is 1.09. The quantitative estimate of drug-likeness (QED) is 0.577. The van der Waals surface area contributed by atoms with Gasteiger partial charge in [-0.1, -0.05) is 6.92 Å². The Bertz CT molecular complexity index is 185. The molecule has 62 valence electrons. The summed E-state index contributed by atoms with van der Waals surface area (Å²) in [5.41, 5.74) is 5.02. The van der Waals surface area contributed by atoms with Gasteiger partial charge < -0.3 is 10.6 Å². The zero-order valence-electron chi connectivity index (χ0n) is 6.54. The van der Waals surface area contributed by atoms with Gasteiger partial charge in [0.05, 0.1) is 5.92 Å². The summed E-state index contributed by atoms with van der Waals surface area (Å²) < 4.78 is 0. The van der Waals surface area contributed by atoms with Gasteiger partial charge in [0.15, 0.2) is 0 Å². The number of carbonyl (C=O) groups is 2. The van der Waals surface area contributed by atoms with E-state index in [9.17, 15) is 9.59 Å². The van der Waals surface area contributed by atoms with Gasteiger partial charge in [0.25, 0.3) is 0 Å². The molecule has 1 heterocycles. The standard InChI is InChI=1S/C7H12N2O2/c1-2-6(10)9-3-5(4-9)7(8)11/h5H,2-4H2,1H3,(H2,8,11). The van der Waals surface area contributed by atoms with E-state index in [4.69, 9.17) is 5.73 Å². The maximum atomic E-state index is 10.9. The first kappa shape index (κ1) is 8.04. The molecule has 0 saturated carbocycles. The molecule has 2 N–H and O–H groups in total. The lowest BCUT2D eigenvalue weighted by molar-refractivity contribution is -0.141. The first-order valence-electron chi connectivity index (χ1n) is 3.72. The molecular weight excluding hydrogens is 144 g/mol. The molecule has 0 aliphatic carbocycles. The van der Waals surface area contributed by atoms with Crippen LogP contribution in [0.1, 0.15) is 13.3 Å². The second-order valence-corrected chi connectivity index (χ2v) is 2.75. The molecule has 0 spiro atoms.